The topological polar surface area (TPSA) is 41.7 Å². The third-order valence-corrected chi connectivity index (χ3v) is 5.40. The number of likely N-dealkylation sites (tertiary alicyclic amines) is 1. The number of ether oxygens (including phenoxy) is 1. The van der Waals surface area contributed by atoms with Crippen LogP contribution in [-0.4, -0.2) is 68.8 Å². The Balaban J connectivity index is 1.92. The fourth-order valence-corrected chi connectivity index (χ4v) is 4.20. The van der Waals surface area contributed by atoms with Gasteiger partial charge >= 0.3 is 0 Å². The summed E-state index contributed by atoms with van der Waals surface area (Å²) in [6, 6.07) is 0. The van der Waals surface area contributed by atoms with E-state index in [9.17, 15) is 0 Å². The van der Waals surface area contributed by atoms with Crippen molar-refractivity contribution >= 4 is 0 Å². The zero-order valence-corrected chi connectivity index (χ0v) is 13.6. The first-order valence-corrected chi connectivity index (χ1v) is 8.22. The van der Waals surface area contributed by atoms with E-state index < -0.39 is 0 Å². The number of nitrogens with two attached hydrogens (primary N) is 1. The molecule has 0 amide bonds. The molecule has 4 heteroatoms. The van der Waals surface area contributed by atoms with Crippen molar-refractivity contribution < 1.29 is 4.74 Å². The van der Waals surface area contributed by atoms with Crippen molar-refractivity contribution in [1.29, 1.82) is 0 Å². The van der Waals surface area contributed by atoms with E-state index in [1.165, 1.54) is 51.7 Å². The Morgan fingerprint density at radius 2 is 1.95 bits per heavy atom. The molecular weight excluding hydrogens is 250 g/mol. The van der Waals surface area contributed by atoms with Gasteiger partial charge in [-0.25, -0.2) is 0 Å². The average molecular weight is 283 g/mol. The largest absolute Gasteiger partial charge is 0.381 e. The van der Waals surface area contributed by atoms with Gasteiger partial charge in [-0.1, -0.05) is 0 Å². The Morgan fingerprint density at radius 1 is 1.25 bits per heavy atom. The molecule has 0 aromatic rings. The minimum atomic E-state index is 0.210. The van der Waals surface area contributed by atoms with Gasteiger partial charge in [0.15, 0.2) is 0 Å². The van der Waals surface area contributed by atoms with E-state index in [0.29, 0.717) is 6.10 Å². The Morgan fingerprint density at radius 3 is 2.50 bits per heavy atom. The normalized spacial score (nSPS) is 33.8. The Labute approximate surface area is 124 Å². The van der Waals surface area contributed by atoms with E-state index in [2.05, 4.69) is 23.9 Å². The van der Waals surface area contributed by atoms with Crippen LogP contribution >= 0.6 is 0 Å². The van der Waals surface area contributed by atoms with Crippen LogP contribution in [-0.2, 0) is 4.74 Å². The van der Waals surface area contributed by atoms with Crippen LogP contribution in [0.1, 0.15) is 38.5 Å². The Bertz CT molecular complexity index is 289. The summed E-state index contributed by atoms with van der Waals surface area (Å²) in [6.07, 6.45) is 7.88. The van der Waals surface area contributed by atoms with Gasteiger partial charge in [0.1, 0.15) is 0 Å². The lowest BCUT2D eigenvalue weighted by Crippen LogP contribution is -2.59. The molecule has 0 aromatic carbocycles. The highest BCUT2D eigenvalue weighted by Gasteiger charge is 2.41. The van der Waals surface area contributed by atoms with Crippen LogP contribution in [0.25, 0.3) is 0 Å². The molecule has 20 heavy (non-hydrogen) atoms. The van der Waals surface area contributed by atoms with E-state index in [-0.39, 0.29) is 5.54 Å². The molecule has 2 N–H and O–H groups in total. The lowest BCUT2D eigenvalue weighted by atomic mass is 9.77. The second-order valence-corrected chi connectivity index (χ2v) is 7.08. The highest BCUT2D eigenvalue weighted by Crippen LogP contribution is 2.36. The van der Waals surface area contributed by atoms with Crippen LogP contribution in [0.4, 0.5) is 0 Å². The first kappa shape index (κ1) is 16.2. The van der Waals surface area contributed by atoms with Gasteiger partial charge in [-0.15, -0.1) is 0 Å². The van der Waals surface area contributed by atoms with Crippen molar-refractivity contribution in [2.45, 2.75) is 50.2 Å². The zero-order valence-electron chi connectivity index (χ0n) is 13.6. The summed E-state index contributed by atoms with van der Waals surface area (Å²) in [7, 11) is 6.21. The second kappa shape index (κ2) is 7.21. The number of piperidine rings is 1. The van der Waals surface area contributed by atoms with Crippen LogP contribution in [0.2, 0.25) is 0 Å². The van der Waals surface area contributed by atoms with Crippen molar-refractivity contribution in [3.8, 4) is 0 Å². The molecule has 0 radical (unpaired) electrons. The lowest BCUT2D eigenvalue weighted by molar-refractivity contribution is -0.0354. The molecule has 1 saturated heterocycles. The van der Waals surface area contributed by atoms with Crippen molar-refractivity contribution in [1.82, 2.24) is 9.80 Å². The van der Waals surface area contributed by atoms with E-state index in [1.807, 2.05) is 7.11 Å². The standard InChI is InChI=1S/C16H33N3O/c1-18(2)12-14-6-9-19(10-7-14)16(13-17)8-4-5-15(11-16)20-3/h14-15H,4-13,17H2,1-3H3. The first-order valence-electron chi connectivity index (χ1n) is 8.22. The minimum absolute atomic E-state index is 0.210. The van der Waals surface area contributed by atoms with Crippen LogP contribution < -0.4 is 5.73 Å². The maximum Gasteiger partial charge on any atom is 0.0589 e. The third-order valence-electron chi connectivity index (χ3n) is 5.40. The molecule has 2 aliphatic rings. The molecule has 2 fully saturated rings. The summed E-state index contributed by atoms with van der Waals surface area (Å²) in [5, 5.41) is 0. The number of hydrogen-bond donors (Lipinski definition) is 1. The molecule has 2 rings (SSSR count). The van der Waals surface area contributed by atoms with Gasteiger partial charge in [-0.2, -0.15) is 0 Å². The minimum Gasteiger partial charge on any atom is -0.381 e. The molecular formula is C16H33N3O. The molecule has 1 heterocycles. The molecule has 1 aliphatic heterocycles. The summed E-state index contributed by atoms with van der Waals surface area (Å²) >= 11 is 0. The predicted octanol–water partition coefficient (Wildman–Crippen LogP) is 1.55. The second-order valence-electron chi connectivity index (χ2n) is 7.08. The molecule has 0 spiro atoms. The predicted molar refractivity (Wildman–Crippen MR) is 83.9 cm³/mol. The quantitative estimate of drug-likeness (QED) is 0.831. The Hall–Kier alpha value is -0.160. The SMILES string of the molecule is COC1CCCC(CN)(N2CCC(CN(C)C)CC2)C1. The molecule has 118 valence electrons. The summed E-state index contributed by atoms with van der Waals surface area (Å²) in [5.41, 5.74) is 6.41. The monoisotopic (exact) mass is 283 g/mol. The molecule has 2 unspecified atom stereocenters. The Kier molecular flexibility index (Phi) is 5.84. The van der Waals surface area contributed by atoms with Gasteiger partial charge in [0.2, 0.25) is 0 Å². The molecule has 1 aliphatic carbocycles. The maximum absolute atomic E-state index is 6.20. The van der Waals surface area contributed by atoms with Gasteiger partial charge in [-0.05, 0) is 71.6 Å². The molecule has 2 atom stereocenters. The van der Waals surface area contributed by atoms with Crippen molar-refractivity contribution in [2.75, 3.05) is 47.4 Å². The van der Waals surface area contributed by atoms with Crippen LogP contribution in [0.5, 0.6) is 0 Å². The van der Waals surface area contributed by atoms with Gasteiger partial charge < -0.3 is 15.4 Å². The fraction of sp³-hybridized carbons (Fsp3) is 1.00. The van der Waals surface area contributed by atoms with Crippen LogP contribution in [0.3, 0.4) is 0 Å². The van der Waals surface area contributed by atoms with Crippen molar-refractivity contribution in [2.24, 2.45) is 11.7 Å². The van der Waals surface area contributed by atoms with Gasteiger partial charge in [0.25, 0.3) is 0 Å². The maximum atomic E-state index is 6.20. The lowest BCUT2D eigenvalue weighted by Gasteiger charge is -2.50. The summed E-state index contributed by atoms with van der Waals surface area (Å²) < 4.78 is 5.62. The fourth-order valence-electron chi connectivity index (χ4n) is 4.20. The van der Waals surface area contributed by atoms with E-state index >= 15 is 0 Å². The highest BCUT2D eigenvalue weighted by atomic mass is 16.5. The smallest absolute Gasteiger partial charge is 0.0589 e. The number of methoxy groups -OCH3 is 1. The van der Waals surface area contributed by atoms with Crippen molar-refractivity contribution in [3.63, 3.8) is 0 Å². The van der Waals surface area contributed by atoms with Gasteiger partial charge in [0.05, 0.1) is 6.10 Å². The van der Waals surface area contributed by atoms with E-state index in [0.717, 1.165) is 18.9 Å². The average Bonchev–Trinajstić information content (AvgIpc) is 2.47. The van der Waals surface area contributed by atoms with Crippen LogP contribution in [0.15, 0.2) is 0 Å². The zero-order chi connectivity index (χ0) is 14.6. The third kappa shape index (κ3) is 3.73. The summed E-state index contributed by atoms with van der Waals surface area (Å²) in [5.74, 6) is 0.859. The summed E-state index contributed by atoms with van der Waals surface area (Å²) in [6.45, 7) is 4.44. The molecule has 4 nitrogen and oxygen atoms in total. The van der Waals surface area contributed by atoms with Crippen LogP contribution in [0, 0.1) is 5.92 Å². The van der Waals surface area contributed by atoms with E-state index in [1.54, 1.807) is 0 Å². The molecule has 0 bridgehead atoms. The number of rotatable bonds is 5. The van der Waals surface area contributed by atoms with E-state index in [4.69, 9.17) is 10.5 Å². The number of nitrogens with zero attached hydrogens (tertiary/aromatic N) is 2. The first-order chi connectivity index (χ1) is 9.59. The van der Waals surface area contributed by atoms with Crippen molar-refractivity contribution in [3.05, 3.63) is 0 Å². The number of hydrogen-bond acceptors (Lipinski definition) is 4. The van der Waals surface area contributed by atoms with Gasteiger partial charge in [0, 0.05) is 25.7 Å². The summed E-state index contributed by atoms with van der Waals surface area (Å²) in [4.78, 5) is 5.00. The molecule has 1 saturated carbocycles. The highest BCUT2D eigenvalue weighted by molar-refractivity contribution is 4.98. The molecule has 0 aromatic heterocycles. The van der Waals surface area contributed by atoms with Gasteiger partial charge in [-0.3, -0.25) is 4.90 Å².